The van der Waals surface area contributed by atoms with Crippen molar-refractivity contribution in [2.24, 2.45) is 5.73 Å². The molecule has 0 saturated heterocycles. The first-order valence-corrected chi connectivity index (χ1v) is 7.47. The minimum atomic E-state index is -3.94. The third-order valence-electron chi connectivity index (χ3n) is 2.32. The summed E-state index contributed by atoms with van der Waals surface area (Å²) in [5.74, 6) is -0.356. The highest BCUT2D eigenvalue weighted by molar-refractivity contribution is 9.10. The van der Waals surface area contributed by atoms with Gasteiger partial charge in [0.05, 0.1) is 12.2 Å². The van der Waals surface area contributed by atoms with Crippen LogP contribution in [0.4, 0.5) is 10.1 Å². The molecule has 0 aliphatic heterocycles. The highest BCUT2D eigenvalue weighted by atomic mass is 79.9. The number of anilines is 1. The Labute approximate surface area is 117 Å². The molecule has 1 aromatic carbocycles. The van der Waals surface area contributed by atoms with Crippen LogP contribution in [0.1, 0.15) is 5.76 Å². The second kappa shape index (κ2) is 5.32. The molecule has 1 heterocycles. The molecule has 1 aromatic heterocycles. The van der Waals surface area contributed by atoms with Crippen molar-refractivity contribution in [3.05, 3.63) is 46.6 Å². The first-order valence-electron chi connectivity index (χ1n) is 5.19. The van der Waals surface area contributed by atoms with E-state index in [1.807, 2.05) is 0 Å². The average Bonchev–Trinajstić information content (AvgIpc) is 2.74. The average molecular weight is 349 g/mol. The Kier molecular flexibility index (Phi) is 3.93. The van der Waals surface area contributed by atoms with Crippen molar-refractivity contribution in [3.63, 3.8) is 0 Å². The quantitative estimate of drug-likeness (QED) is 0.888. The van der Waals surface area contributed by atoms with E-state index in [2.05, 4.69) is 20.7 Å². The molecular weight excluding hydrogens is 339 g/mol. The van der Waals surface area contributed by atoms with Gasteiger partial charge in [-0.15, -0.1) is 0 Å². The SMILES string of the molecule is NCc1cc(S(=O)(=O)Nc2ccccc2F)c(Br)o1. The zero-order chi connectivity index (χ0) is 14.0. The van der Waals surface area contributed by atoms with E-state index in [4.69, 9.17) is 10.2 Å². The Bertz CT molecular complexity index is 700. The van der Waals surface area contributed by atoms with Gasteiger partial charge in [0.2, 0.25) is 0 Å². The lowest BCUT2D eigenvalue weighted by atomic mass is 10.3. The summed E-state index contributed by atoms with van der Waals surface area (Å²) in [6, 6.07) is 6.76. The van der Waals surface area contributed by atoms with Gasteiger partial charge in [-0.05, 0) is 28.1 Å². The molecule has 2 rings (SSSR count). The third kappa shape index (κ3) is 2.96. The normalized spacial score (nSPS) is 11.5. The van der Waals surface area contributed by atoms with Crippen LogP contribution in [-0.2, 0) is 16.6 Å². The fourth-order valence-electron chi connectivity index (χ4n) is 1.43. The summed E-state index contributed by atoms with van der Waals surface area (Å²) < 4.78 is 44.9. The molecule has 2 aromatic rings. The number of furan rings is 1. The zero-order valence-electron chi connectivity index (χ0n) is 9.56. The van der Waals surface area contributed by atoms with E-state index in [0.29, 0.717) is 5.76 Å². The molecule has 0 radical (unpaired) electrons. The molecule has 0 saturated carbocycles. The van der Waals surface area contributed by atoms with Crippen LogP contribution in [0.15, 0.2) is 44.3 Å². The number of hydrogen-bond acceptors (Lipinski definition) is 4. The van der Waals surface area contributed by atoms with E-state index < -0.39 is 15.8 Å². The standard InChI is InChI=1S/C11H10BrFN2O3S/c12-11-10(5-7(6-14)18-11)19(16,17)15-9-4-2-1-3-8(9)13/h1-5,15H,6,14H2. The third-order valence-corrected chi connectivity index (χ3v) is 4.54. The molecule has 0 spiro atoms. The lowest BCUT2D eigenvalue weighted by Gasteiger charge is -2.07. The molecule has 102 valence electrons. The van der Waals surface area contributed by atoms with Gasteiger partial charge in [0.15, 0.2) is 4.67 Å². The molecule has 19 heavy (non-hydrogen) atoms. The monoisotopic (exact) mass is 348 g/mol. The Balaban J connectivity index is 2.38. The summed E-state index contributed by atoms with van der Waals surface area (Å²) in [7, 11) is -3.94. The first-order chi connectivity index (χ1) is 8.94. The number of nitrogens with one attached hydrogen (secondary N) is 1. The van der Waals surface area contributed by atoms with Gasteiger partial charge in [0, 0.05) is 6.07 Å². The van der Waals surface area contributed by atoms with Gasteiger partial charge in [-0.1, -0.05) is 12.1 Å². The molecule has 0 amide bonds. The summed E-state index contributed by atoms with van der Waals surface area (Å²) in [5.41, 5.74) is 5.23. The molecule has 0 aliphatic carbocycles. The smallest absolute Gasteiger partial charge is 0.266 e. The fourth-order valence-corrected chi connectivity index (χ4v) is 3.49. The lowest BCUT2D eigenvalue weighted by Crippen LogP contribution is -2.13. The maximum absolute atomic E-state index is 13.4. The highest BCUT2D eigenvalue weighted by Crippen LogP contribution is 2.28. The molecular formula is C11H10BrFN2O3S. The predicted octanol–water partition coefficient (Wildman–Crippen LogP) is 2.44. The molecule has 5 nitrogen and oxygen atoms in total. The van der Waals surface area contributed by atoms with Crippen LogP contribution < -0.4 is 10.5 Å². The van der Waals surface area contributed by atoms with Crippen LogP contribution in [0.3, 0.4) is 0 Å². The molecule has 0 unspecified atom stereocenters. The molecule has 0 fully saturated rings. The van der Waals surface area contributed by atoms with E-state index in [9.17, 15) is 12.8 Å². The second-order valence-electron chi connectivity index (χ2n) is 3.64. The largest absolute Gasteiger partial charge is 0.452 e. The summed E-state index contributed by atoms with van der Waals surface area (Å²) in [4.78, 5) is -0.129. The number of hydrogen-bond donors (Lipinski definition) is 2. The van der Waals surface area contributed by atoms with E-state index in [0.717, 1.165) is 6.07 Å². The summed E-state index contributed by atoms with van der Waals surface area (Å²) in [5, 5.41) is 0. The molecule has 0 aliphatic rings. The Morgan fingerprint density at radius 3 is 2.63 bits per heavy atom. The van der Waals surface area contributed by atoms with Gasteiger partial charge in [-0.25, -0.2) is 12.8 Å². The maximum Gasteiger partial charge on any atom is 0.266 e. The Morgan fingerprint density at radius 2 is 2.05 bits per heavy atom. The lowest BCUT2D eigenvalue weighted by molar-refractivity contribution is 0.484. The van der Waals surface area contributed by atoms with Gasteiger partial charge in [0.25, 0.3) is 10.0 Å². The topological polar surface area (TPSA) is 85.3 Å². The van der Waals surface area contributed by atoms with E-state index in [1.54, 1.807) is 0 Å². The summed E-state index contributed by atoms with van der Waals surface area (Å²) in [6.07, 6.45) is 0. The minimum Gasteiger partial charge on any atom is -0.452 e. The van der Waals surface area contributed by atoms with Crippen LogP contribution in [0.25, 0.3) is 0 Å². The van der Waals surface area contributed by atoms with Crippen LogP contribution in [0.5, 0.6) is 0 Å². The van der Waals surface area contributed by atoms with Crippen LogP contribution >= 0.6 is 15.9 Å². The van der Waals surface area contributed by atoms with Crippen molar-refractivity contribution in [1.82, 2.24) is 0 Å². The van der Waals surface area contributed by atoms with Crippen molar-refractivity contribution in [2.45, 2.75) is 11.4 Å². The highest BCUT2D eigenvalue weighted by Gasteiger charge is 2.23. The number of sulfonamides is 1. The van der Waals surface area contributed by atoms with Crippen molar-refractivity contribution in [1.29, 1.82) is 0 Å². The number of para-hydroxylation sites is 1. The van der Waals surface area contributed by atoms with Gasteiger partial charge < -0.3 is 10.2 Å². The molecule has 0 bridgehead atoms. The molecule has 8 heteroatoms. The van der Waals surface area contributed by atoms with E-state index in [-0.39, 0.29) is 21.8 Å². The maximum atomic E-state index is 13.4. The number of nitrogens with two attached hydrogens (primary N) is 1. The Hall–Kier alpha value is -1.38. The molecule has 0 atom stereocenters. The van der Waals surface area contributed by atoms with Crippen molar-refractivity contribution >= 4 is 31.6 Å². The van der Waals surface area contributed by atoms with Crippen LogP contribution in [-0.4, -0.2) is 8.42 Å². The van der Waals surface area contributed by atoms with Gasteiger partial charge in [0.1, 0.15) is 16.5 Å². The zero-order valence-corrected chi connectivity index (χ0v) is 12.0. The fraction of sp³-hybridized carbons (Fsp3) is 0.0909. The molecule has 3 N–H and O–H groups in total. The van der Waals surface area contributed by atoms with Gasteiger partial charge >= 0.3 is 0 Å². The predicted molar refractivity (Wildman–Crippen MR) is 71.5 cm³/mol. The summed E-state index contributed by atoms with van der Waals surface area (Å²) in [6.45, 7) is 0.0633. The van der Waals surface area contributed by atoms with Crippen molar-refractivity contribution < 1.29 is 17.2 Å². The van der Waals surface area contributed by atoms with Gasteiger partial charge in [-0.3, -0.25) is 4.72 Å². The second-order valence-corrected chi connectivity index (χ2v) is 6.01. The number of benzene rings is 1. The first kappa shape index (κ1) is 14.0. The number of halogens is 2. The van der Waals surface area contributed by atoms with Crippen molar-refractivity contribution in [3.8, 4) is 0 Å². The summed E-state index contributed by atoms with van der Waals surface area (Å²) >= 11 is 2.99. The number of rotatable bonds is 4. The minimum absolute atomic E-state index is 0.0248. The van der Waals surface area contributed by atoms with Crippen molar-refractivity contribution in [2.75, 3.05) is 4.72 Å². The van der Waals surface area contributed by atoms with Crippen LogP contribution in [0, 0.1) is 5.82 Å². The Morgan fingerprint density at radius 1 is 1.37 bits per heavy atom. The van der Waals surface area contributed by atoms with Crippen LogP contribution in [0.2, 0.25) is 0 Å². The van der Waals surface area contributed by atoms with E-state index >= 15 is 0 Å². The van der Waals surface area contributed by atoms with Gasteiger partial charge in [-0.2, -0.15) is 0 Å². The van der Waals surface area contributed by atoms with E-state index in [1.165, 1.54) is 24.3 Å².